The zero-order valence-corrected chi connectivity index (χ0v) is 17.7. The van der Waals surface area contributed by atoms with Gasteiger partial charge in [0.2, 0.25) is 0 Å². The molecule has 2 aliphatic heterocycles. The molecular weight excluding hydrogens is 360 g/mol. The maximum absolute atomic E-state index is 9.54. The summed E-state index contributed by atoms with van der Waals surface area (Å²) in [6, 6.07) is 5.14. The number of rotatable bonds is 4. The number of aliphatic imine (C=N–C) groups is 1. The number of dihydropyridines is 1. The molecule has 6 nitrogen and oxygen atoms in total. The van der Waals surface area contributed by atoms with Gasteiger partial charge in [-0.1, -0.05) is 25.5 Å². The Morgan fingerprint density at radius 1 is 1.34 bits per heavy atom. The summed E-state index contributed by atoms with van der Waals surface area (Å²) >= 11 is 0. The minimum atomic E-state index is 0.177. The van der Waals surface area contributed by atoms with Gasteiger partial charge in [-0.15, -0.1) is 0 Å². The van der Waals surface area contributed by atoms with E-state index in [9.17, 15) is 5.26 Å². The highest BCUT2D eigenvalue weighted by Crippen LogP contribution is 2.29. The molecule has 1 fully saturated rings. The average molecular weight is 391 g/mol. The van der Waals surface area contributed by atoms with Crippen molar-refractivity contribution in [1.82, 2.24) is 19.4 Å². The lowest BCUT2D eigenvalue weighted by Gasteiger charge is -2.38. The van der Waals surface area contributed by atoms with E-state index < -0.39 is 0 Å². The predicted molar refractivity (Wildman–Crippen MR) is 116 cm³/mol. The number of aromatic nitrogens is 2. The fourth-order valence-electron chi connectivity index (χ4n) is 4.50. The van der Waals surface area contributed by atoms with Crippen LogP contribution in [-0.2, 0) is 6.42 Å². The van der Waals surface area contributed by atoms with Gasteiger partial charge in [-0.2, -0.15) is 10.4 Å². The Kier molecular flexibility index (Phi) is 5.68. The van der Waals surface area contributed by atoms with Crippen LogP contribution in [0.2, 0.25) is 0 Å². The molecule has 0 aliphatic carbocycles. The molecule has 0 bridgehead atoms. The number of piperidine rings is 1. The molecule has 0 aromatic carbocycles. The first-order valence-corrected chi connectivity index (χ1v) is 10.6. The van der Waals surface area contributed by atoms with Crippen molar-refractivity contribution < 1.29 is 0 Å². The molecule has 0 amide bonds. The van der Waals surface area contributed by atoms with E-state index in [0.717, 1.165) is 49.4 Å². The van der Waals surface area contributed by atoms with E-state index in [2.05, 4.69) is 66.4 Å². The predicted octanol–water partition coefficient (Wildman–Crippen LogP) is 3.24. The molecular formula is C23H30N6. The number of pyridine rings is 1. The first-order valence-electron chi connectivity index (χ1n) is 10.6. The standard InChI is InChI=1S/C23H30N6/c1-4-6-17-11-21(23-19(12-24)14-26-29(23)15-17)18-8-9-22(25-13-18)28-10-5-7-20(16-28)27(2)3/h8-9,11,14-15,18,20H,4-7,10,13,16H2,1-3H3. The van der Waals surface area contributed by atoms with Crippen LogP contribution in [0.25, 0.3) is 5.52 Å². The van der Waals surface area contributed by atoms with Crippen LogP contribution in [0.1, 0.15) is 48.8 Å². The van der Waals surface area contributed by atoms with Crippen molar-refractivity contribution in [1.29, 1.82) is 5.26 Å². The number of hydrogen-bond donors (Lipinski definition) is 0. The van der Waals surface area contributed by atoms with Crippen molar-refractivity contribution in [2.45, 2.75) is 44.6 Å². The number of nitrogens with zero attached hydrogens (tertiary/aromatic N) is 6. The highest BCUT2D eigenvalue weighted by Gasteiger charge is 2.25. The fourth-order valence-corrected chi connectivity index (χ4v) is 4.50. The Hall–Kier alpha value is -2.65. The summed E-state index contributed by atoms with van der Waals surface area (Å²) in [4.78, 5) is 9.69. The maximum atomic E-state index is 9.54. The molecule has 0 radical (unpaired) electrons. The SMILES string of the molecule is CCCc1cc(C2C=CC(N3CCCC(N(C)C)C3)=NC2)c2c(C#N)cnn2c1. The van der Waals surface area contributed by atoms with Crippen molar-refractivity contribution in [2.24, 2.45) is 4.99 Å². The second-order valence-corrected chi connectivity index (χ2v) is 8.39. The number of amidine groups is 1. The van der Waals surface area contributed by atoms with Crippen LogP contribution in [0, 0.1) is 11.3 Å². The van der Waals surface area contributed by atoms with Gasteiger partial charge in [0.1, 0.15) is 11.9 Å². The number of aryl methyl sites for hydroxylation is 1. The van der Waals surface area contributed by atoms with E-state index in [-0.39, 0.29) is 5.92 Å². The molecule has 0 N–H and O–H groups in total. The molecule has 4 heterocycles. The van der Waals surface area contributed by atoms with Crippen molar-refractivity contribution >= 4 is 11.4 Å². The summed E-state index contributed by atoms with van der Waals surface area (Å²) in [7, 11) is 4.32. The molecule has 2 atom stereocenters. The van der Waals surface area contributed by atoms with Gasteiger partial charge in [0, 0.05) is 31.2 Å². The van der Waals surface area contributed by atoms with Crippen LogP contribution >= 0.6 is 0 Å². The molecule has 29 heavy (non-hydrogen) atoms. The van der Waals surface area contributed by atoms with E-state index >= 15 is 0 Å². The lowest BCUT2D eigenvalue weighted by atomic mass is 9.93. The van der Waals surface area contributed by atoms with Crippen molar-refractivity contribution in [3.63, 3.8) is 0 Å². The highest BCUT2D eigenvalue weighted by atomic mass is 15.2. The lowest BCUT2D eigenvalue weighted by Crippen LogP contribution is -2.47. The monoisotopic (exact) mass is 390 g/mol. The van der Waals surface area contributed by atoms with E-state index in [1.54, 1.807) is 6.20 Å². The Morgan fingerprint density at radius 3 is 2.90 bits per heavy atom. The van der Waals surface area contributed by atoms with Gasteiger partial charge < -0.3 is 9.80 Å². The summed E-state index contributed by atoms with van der Waals surface area (Å²) in [5.74, 6) is 1.28. The van der Waals surface area contributed by atoms with Crippen molar-refractivity contribution in [2.75, 3.05) is 33.7 Å². The molecule has 0 spiro atoms. The lowest BCUT2D eigenvalue weighted by molar-refractivity contribution is 0.184. The van der Waals surface area contributed by atoms with Gasteiger partial charge in [0.25, 0.3) is 0 Å². The van der Waals surface area contributed by atoms with Gasteiger partial charge in [-0.3, -0.25) is 4.99 Å². The largest absolute Gasteiger partial charge is 0.355 e. The highest BCUT2D eigenvalue weighted by molar-refractivity contribution is 5.94. The number of likely N-dealkylation sites (tertiary alicyclic amines) is 1. The van der Waals surface area contributed by atoms with Crippen LogP contribution < -0.4 is 0 Å². The van der Waals surface area contributed by atoms with Crippen LogP contribution in [0.3, 0.4) is 0 Å². The van der Waals surface area contributed by atoms with E-state index in [0.29, 0.717) is 11.6 Å². The van der Waals surface area contributed by atoms with Gasteiger partial charge in [0.05, 0.1) is 23.8 Å². The normalized spacial score (nSPS) is 22.2. The maximum Gasteiger partial charge on any atom is 0.123 e. The number of nitriles is 1. The first-order chi connectivity index (χ1) is 14.1. The molecule has 2 aliphatic rings. The summed E-state index contributed by atoms with van der Waals surface area (Å²) in [5, 5.41) is 14.0. The Morgan fingerprint density at radius 2 is 2.21 bits per heavy atom. The smallest absolute Gasteiger partial charge is 0.123 e. The van der Waals surface area contributed by atoms with Gasteiger partial charge >= 0.3 is 0 Å². The van der Waals surface area contributed by atoms with Crippen LogP contribution in [0.4, 0.5) is 0 Å². The molecule has 1 saturated heterocycles. The second-order valence-electron chi connectivity index (χ2n) is 8.39. The molecule has 0 saturated carbocycles. The average Bonchev–Trinajstić information content (AvgIpc) is 3.17. The van der Waals surface area contributed by atoms with Gasteiger partial charge in [0.15, 0.2) is 0 Å². The minimum Gasteiger partial charge on any atom is -0.355 e. The molecule has 152 valence electrons. The number of fused-ring (bicyclic) bond motifs is 1. The first kappa shape index (κ1) is 19.7. The Labute approximate surface area is 173 Å². The summed E-state index contributed by atoms with van der Waals surface area (Å²) in [6.07, 6.45) is 12.7. The van der Waals surface area contributed by atoms with E-state index in [1.807, 2.05) is 4.52 Å². The van der Waals surface area contributed by atoms with E-state index in [1.165, 1.54) is 18.4 Å². The van der Waals surface area contributed by atoms with Gasteiger partial charge in [-0.25, -0.2) is 4.52 Å². The molecule has 2 aromatic heterocycles. The summed E-state index contributed by atoms with van der Waals surface area (Å²) < 4.78 is 1.87. The summed E-state index contributed by atoms with van der Waals surface area (Å²) in [5.41, 5.74) is 3.98. The van der Waals surface area contributed by atoms with Crippen molar-refractivity contribution in [3.8, 4) is 6.07 Å². The number of hydrogen-bond acceptors (Lipinski definition) is 5. The van der Waals surface area contributed by atoms with E-state index in [4.69, 9.17) is 4.99 Å². The number of likely N-dealkylation sites (N-methyl/N-ethyl adjacent to an activating group) is 1. The quantitative estimate of drug-likeness (QED) is 0.804. The third-order valence-corrected chi connectivity index (χ3v) is 6.13. The van der Waals surface area contributed by atoms with Gasteiger partial charge in [-0.05, 0) is 50.6 Å². The third-order valence-electron chi connectivity index (χ3n) is 6.13. The molecule has 2 aromatic rings. The van der Waals surface area contributed by atoms with Crippen molar-refractivity contribution in [3.05, 3.63) is 47.3 Å². The topological polar surface area (TPSA) is 59.9 Å². The Balaban J connectivity index is 1.60. The Bertz CT molecular complexity index is 977. The van der Waals surface area contributed by atoms with Crippen LogP contribution in [0.15, 0.2) is 35.6 Å². The summed E-state index contributed by atoms with van der Waals surface area (Å²) in [6.45, 7) is 5.02. The third kappa shape index (κ3) is 3.92. The molecule has 6 heteroatoms. The van der Waals surface area contributed by atoms with Crippen LogP contribution in [-0.4, -0.2) is 65.0 Å². The molecule has 4 rings (SSSR count). The minimum absolute atomic E-state index is 0.177. The molecule has 2 unspecified atom stereocenters. The van der Waals surface area contributed by atoms with Crippen LogP contribution in [0.5, 0.6) is 0 Å². The second kappa shape index (κ2) is 8.38. The fraction of sp³-hybridized carbons (Fsp3) is 0.522. The zero-order valence-electron chi connectivity index (χ0n) is 17.7. The zero-order chi connectivity index (χ0) is 20.4.